The van der Waals surface area contributed by atoms with Gasteiger partial charge in [0.25, 0.3) is 0 Å². The Morgan fingerprint density at radius 2 is 1.73 bits per heavy atom. The molecule has 30 heavy (non-hydrogen) atoms. The van der Waals surface area contributed by atoms with Gasteiger partial charge in [0.15, 0.2) is 17.3 Å². The fourth-order valence-corrected chi connectivity index (χ4v) is 4.04. The van der Waals surface area contributed by atoms with E-state index in [0.29, 0.717) is 17.3 Å². The maximum atomic E-state index is 13.8. The summed E-state index contributed by atoms with van der Waals surface area (Å²) in [5.41, 5.74) is 4.38. The monoisotopic (exact) mass is 398 g/mol. The van der Waals surface area contributed by atoms with E-state index in [4.69, 9.17) is 10.1 Å². The summed E-state index contributed by atoms with van der Waals surface area (Å²) in [4.78, 5) is 4.82. The summed E-state index contributed by atoms with van der Waals surface area (Å²) in [5, 5.41) is 8.48. The van der Waals surface area contributed by atoms with Crippen molar-refractivity contribution in [2.45, 2.75) is 32.4 Å². The van der Waals surface area contributed by atoms with Crippen LogP contribution in [0.5, 0.6) is 0 Å². The predicted molar refractivity (Wildman–Crippen MR) is 118 cm³/mol. The number of anilines is 1. The van der Waals surface area contributed by atoms with Gasteiger partial charge in [-0.2, -0.15) is 0 Å². The van der Waals surface area contributed by atoms with E-state index in [0.717, 1.165) is 22.6 Å². The molecular weight excluding hydrogens is 375 g/mol. The molecule has 1 N–H and O–H groups in total. The number of aromatic nitrogens is 3. The van der Waals surface area contributed by atoms with Gasteiger partial charge in [-0.3, -0.25) is 0 Å². The summed E-state index contributed by atoms with van der Waals surface area (Å²) in [6.45, 7) is 6.47. The zero-order valence-electron chi connectivity index (χ0n) is 17.2. The third kappa shape index (κ3) is 2.89. The zero-order chi connectivity index (χ0) is 20.9. The number of rotatable bonds is 3. The Morgan fingerprint density at radius 3 is 2.47 bits per heavy atom. The first-order valence-electron chi connectivity index (χ1n) is 10.2. The lowest BCUT2D eigenvalue weighted by molar-refractivity contribution is 0.403. The minimum Gasteiger partial charge on any atom is -0.357 e. The molecule has 0 aliphatic carbocycles. The lowest BCUT2D eigenvalue weighted by atomic mass is 9.94. The van der Waals surface area contributed by atoms with E-state index >= 15 is 0 Å². The molecule has 1 aliphatic heterocycles. The van der Waals surface area contributed by atoms with Gasteiger partial charge in [-0.15, -0.1) is 5.10 Å². The average Bonchev–Trinajstić information content (AvgIpc) is 3.21. The zero-order valence-corrected chi connectivity index (χ0v) is 17.2. The molecule has 5 rings (SSSR count). The van der Waals surface area contributed by atoms with Gasteiger partial charge in [-0.25, -0.2) is 14.1 Å². The summed E-state index contributed by atoms with van der Waals surface area (Å²) in [6, 6.07) is 23.1. The van der Waals surface area contributed by atoms with Crippen LogP contribution in [-0.4, -0.2) is 14.8 Å². The number of fused-ring (bicyclic) bond motifs is 3. The van der Waals surface area contributed by atoms with Crippen LogP contribution in [0.3, 0.4) is 0 Å². The molecule has 4 nitrogen and oxygen atoms in total. The highest BCUT2D eigenvalue weighted by atomic mass is 19.1. The lowest BCUT2D eigenvalue weighted by Gasteiger charge is -2.38. The van der Waals surface area contributed by atoms with Crippen LogP contribution in [-0.2, 0) is 5.66 Å². The molecule has 150 valence electrons. The molecule has 4 aromatic rings. The first-order valence-corrected chi connectivity index (χ1v) is 10.2. The Balaban J connectivity index is 1.70. The van der Waals surface area contributed by atoms with Crippen molar-refractivity contribution in [3.63, 3.8) is 0 Å². The van der Waals surface area contributed by atoms with Crippen molar-refractivity contribution in [3.05, 3.63) is 89.7 Å². The molecule has 0 radical (unpaired) electrons. The van der Waals surface area contributed by atoms with Crippen LogP contribution in [0.1, 0.15) is 37.8 Å². The third-order valence-electron chi connectivity index (χ3n) is 5.80. The van der Waals surface area contributed by atoms with Gasteiger partial charge in [0.1, 0.15) is 5.82 Å². The number of benzene rings is 3. The van der Waals surface area contributed by atoms with Gasteiger partial charge in [0.05, 0.1) is 0 Å². The molecule has 1 aromatic heterocycles. The van der Waals surface area contributed by atoms with Crippen LogP contribution < -0.4 is 5.32 Å². The summed E-state index contributed by atoms with van der Waals surface area (Å²) >= 11 is 0. The third-order valence-corrected chi connectivity index (χ3v) is 5.80. The molecule has 0 bridgehead atoms. The van der Waals surface area contributed by atoms with Crippen molar-refractivity contribution in [1.82, 2.24) is 14.8 Å². The molecule has 0 fully saturated rings. The molecule has 1 atom stereocenters. The average molecular weight is 398 g/mol. The Labute approximate surface area is 175 Å². The van der Waals surface area contributed by atoms with Crippen LogP contribution in [0.25, 0.3) is 22.8 Å². The highest BCUT2D eigenvalue weighted by Crippen LogP contribution is 2.41. The maximum absolute atomic E-state index is 13.8. The van der Waals surface area contributed by atoms with E-state index in [1.807, 2.05) is 28.9 Å². The first-order chi connectivity index (χ1) is 14.5. The molecule has 0 unspecified atom stereocenters. The second-order valence-corrected chi connectivity index (χ2v) is 8.20. The molecule has 5 heteroatoms. The maximum Gasteiger partial charge on any atom is 0.181 e. The van der Waals surface area contributed by atoms with E-state index in [-0.39, 0.29) is 5.82 Å². The Hall–Kier alpha value is -3.47. The highest BCUT2D eigenvalue weighted by Gasteiger charge is 2.38. The van der Waals surface area contributed by atoms with Gasteiger partial charge < -0.3 is 5.32 Å². The van der Waals surface area contributed by atoms with Gasteiger partial charge in [0, 0.05) is 16.8 Å². The fourth-order valence-electron chi connectivity index (χ4n) is 4.04. The smallest absolute Gasteiger partial charge is 0.181 e. The van der Waals surface area contributed by atoms with Crippen LogP contribution in [0.4, 0.5) is 10.1 Å². The number of hydrogen-bond donors (Lipinski definition) is 1. The minimum atomic E-state index is -0.627. The van der Waals surface area contributed by atoms with Crippen molar-refractivity contribution in [2.75, 3.05) is 5.32 Å². The molecule has 2 heterocycles. The summed E-state index contributed by atoms with van der Waals surface area (Å²) in [7, 11) is 0. The van der Waals surface area contributed by atoms with Crippen molar-refractivity contribution in [1.29, 1.82) is 0 Å². The van der Waals surface area contributed by atoms with Crippen LogP contribution >= 0.6 is 0 Å². The Kier molecular flexibility index (Phi) is 4.21. The molecule has 0 saturated carbocycles. The standard InChI is InChI=1S/C25H23FN4/c1-16(2)17-11-13-19(14-12-17)25(3)28-22-10-5-4-9-21(22)24-27-23(29-30(24)25)18-7-6-8-20(26)15-18/h4-16,28H,1-3H3/t25-/m0/s1. The SMILES string of the molecule is CC(C)c1ccc([C@@]2(C)Nc3ccccc3-c3nc(-c4cccc(F)c4)nn32)cc1. The molecule has 0 spiro atoms. The molecule has 3 aromatic carbocycles. The van der Waals surface area contributed by atoms with Gasteiger partial charge >= 0.3 is 0 Å². The predicted octanol–water partition coefficient (Wildman–Crippen LogP) is 6.02. The number of nitrogens with zero attached hydrogens (tertiary/aromatic N) is 3. The van der Waals surface area contributed by atoms with Crippen LogP contribution in [0, 0.1) is 5.82 Å². The quantitative estimate of drug-likeness (QED) is 0.459. The van der Waals surface area contributed by atoms with Crippen LogP contribution in [0.2, 0.25) is 0 Å². The number of nitrogens with one attached hydrogen (secondary N) is 1. The van der Waals surface area contributed by atoms with Crippen molar-refractivity contribution < 1.29 is 4.39 Å². The van der Waals surface area contributed by atoms with Gasteiger partial charge in [-0.1, -0.05) is 62.4 Å². The molecular formula is C25H23FN4. The number of para-hydroxylation sites is 1. The topological polar surface area (TPSA) is 42.7 Å². The Bertz CT molecular complexity index is 1230. The first kappa shape index (κ1) is 18.6. The van der Waals surface area contributed by atoms with Crippen molar-refractivity contribution >= 4 is 5.69 Å². The van der Waals surface area contributed by atoms with E-state index in [9.17, 15) is 4.39 Å². The summed E-state index contributed by atoms with van der Waals surface area (Å²) in [5.74, 6) is 1.44. The van der Waals surface area contributed by atoms with Gasteiger partial charge in [0.2, 0.25) is 0 Å². The molecule has 0 saturated heterocycles. The minimum absolute atomic E-state index is 0.300. The second-order valence-electron chi connectivity index (χ2n) is 8.20. The fraction of sp³-hybridized carbons (Fsp3) is 0.200. The highest BCUT2D eigenvalue weighted by molar-refractivity contribution is 5.78. The lowest BCUT2D eigenvalue weighted by Crippen LogP contribution is -2.43. The largest absolute Gasteiger partial charge is 0.357 e. The second kappa shape index (κ2) is 6.80. The number of halogens is 1. The van der Waals surface area contributed by atoms with Crippen molar-refractivity contribution in [2.24, 2.45) is 0 Å². The normalized spacial score (nSPS) is 17.4. The van der Waals surface area contributed by atoms with E-state index in [2.05, 4.69) is 56.4 Å². The van der Waals surface area contributed by atoms with Crippen LogP contribution in [0.15, 0.2) is 72.8 Å². The van der Waals surface area contributed by atoms with Gasteiger partial charge in [-0.05, 0) is 48.2 Å². The Morgan fingerprint density at radius 1 is 0.967 bits per heavy atom. The number of hydrogen-bond acceptors (Lipinski definition) is 3. The summed E-state index contributed by atoms with van der Waals surface area (Å²) < 4.78 is 15.7. The molecule has 1 aliphatic rings. The van der Waals surface area contributed by atoms with E-state index in [1.165, 1.54) is 17.7 Å². The van der Waals surface area contributed by atoms with E-state index in [1.54, 1.807) is 6.07 Å². The summed E-state index contributed by atoms with van der Waals surface area (Å²) in [6.07, 6.45) is 0. The molecule has 0 amide bonds. The van der Waals surface area contributed by atoms with Crippen molar-refractivity contribution in [3.8, 4) is 22.8 Å². The van der Waals surface area contributed by atoms with E-state index < -0.39 is 5.66 Å².